The SMILES string of the molecule is CC(C)n1cncc1CSc1nnc(CN)n1C1CC1. The zero-order valence-corrected chi connectivity index (χ0v) is 12.7. The topological polar surface area (TPSA) is 74.6 Å². The van der Waals surface area contributed by atoms with Crippen molar-refractivity contribution in [1.29, 1.82) is 0 Å². The van der Waals surface area contributed by atoms with Crippen molar-refractivity contribution in [2.24, 2.45) is 5.73 Å². The predicted molar refractivity (Wildman–Crippen MR) is 78.4 cm³/mol. The molecule has 0 radical (unpaired) electrons. The summed E-state index contributed by atoms with van der Waals surface area (Å²) < 4.78 is 4.40. The molecule has 6 nitrogen and oxygen atoms in total. The van der Waals surface area contributed by atoms with E-state index in [2.05, 4.69) is 38.2 Å². The summed E-state index contributed by atoms with van der Waals surface area (Å²) in [6, 6.07) is 0.982. The summed E-state index contributed by atoms with van der Waals surface area (Å²) in [6.45, 7) is 4.78. The molecule has 0 saturated heterocycles. The molecular formula is C13H20N6S. The van der Waals surface area contributed by atoms with Gasteiger partial charge in [0.15, 0.2) is 5.16 Å². The number of thioether (sulfide) groups is 1. The Hall–Kier alpha value is -1.34. The van der Waals surface area contributed by atoms with E-state index in [0.717, 1.165) is 16.7 Å². The minimum Gasteiger partial charge on any atom is -0.331 e. The Morgan fingerprint density at radius 2 is 2.20 bits per heavy atom. The third kappa shape index (κ3) is 2.60. The quantitative estimate of drug-likeness (QED) is 0.826. The van der Waals surface area contributed by atoms with Crippen LogP contribution in [0.3, 0.4) is 0 Å². The molecule has 0 aromatic carbocycles. The Labute approximate surface area is 122 Å². The molecule has 2 N–H and O–H groups in total. The molecule has 0 unspecified atom stereocenters. The summed E-state index contributed by atoms with van der Waals surface area (Å²) in [5, 5.41) is 9.46. The van der Waals surface area contributed by atoms with E-state index in [4.69, 9.17) is 5.73 Å². The largest absolute Gasteiger partial charge is 0.331 e. The average Bonchev–Trinajstić information content (AvgIpc) is 3.02. The van der Waals surface area contributed by atoms with Crippen LogP contribution in [-0.4, -0.2) is 24.3 Å². The van der Waals surface area contributed by atoms with Gasteiger partial charge in [-0.05, 0) is 26.7 Å². The molecule has 2 aromatic rings. The van der Waals surface area contributed by atoms with Gasteiger partial charge in [0.1, 0.15) is 5.82 Å². The van der Waals surface area contributed by atoms with E-state index in [1.807, 2.05) is 12.5 Å². The van der Waals surface area contributed by atoms with E-state index >= 15 is 0 Å². The highest BCUT2D eigenvalue weighted by Gasteiger charge is 2.29. The molecule has 2 heterocycles. The first-order valence-corrected chi connectivity index (χ1v) is 7.96. The molecule has 1 aliphatic rings. The van der Waals surface area contributed by atoms with Gasteiger partial charge in [-0.3, -0.25) is 0 Å². The molecule has 0 atom stereocenters. The number of nitrogens with two attached hydrogens (primary N) is 1. The van der Waals surface area contributed by atoms with E-state index in [1.54, 1.807) is 11.8 Å². The zero-order chi connectivity index (χ0) is 14.1. The molecule has 0 amide bonds. The molecule has 1 saturated carbocycles. The lowest BCUT2D eigenvalue weighted by molar-refractivity contribution is 0.583. The number of imidazole rings is 1. The van der Waals surface area contributed by atoms with Gasteiger partial charge in [-0.15, -0.1) is 10.2 Å². The van der Waals surface area contributed by atoms with E-state index in [-0.39, 0.29) is 0 Å². The maximum absolute atomic E-state index is 5.74. The summed E-state index contributed by atoms with van der Waals surface area (Å²) in [7, 11) is 0. The highest BCUT2D eigenvalue weighted by molar-refractivity contribution is 7.98. The Balaban J connectivity index is 1.75. The van der Waals surface area contributed by atoms with Crippen molar-refractivity contribution < 1.29 is 0 Å². The molecule has 3 rings (SSSR count). The molecule has 1 fully saturated rings. The van der Waals surface area contributed by atoms with E-state index in [0.29, 0.717) is 18.6 Å². The summed E-state index contributed by atoms with van der Waals surface area (Å²) in [5.74, 6) is 1.75. The maximum Gasteiger partial charge on any atom is 0.191 e. The fraction of sp³-hybridized carbons (Fsp3) is 0.615. The molecule has 20 heavy (non-hydrogen) atoms. The predicted octanol–water partition coefficient (Wildman–Crippen LogP) is 2.14. The monoisotopic (exact) mass is 292 g/mol. The summed E-state index contributed by atoms with van der Waals surface area (Å²) in [4.78, 5) is 4.23. The van der Waals surface area contributed by atoms with Crippen molar-refractivity contribution in [1.82, 2.24) is 24.3 Å². The molecule has 2 aromatic heterocycles. The Morgan fingerprint density at radius 3 is 2.85 bits per heavy atom. The summed E-state index contributed by atoms with van der Waals surface area (Å²) in [5.41, 5.74) is 6.95. The van der Waals surface area contributed by atoms with E-state index in [1.165, 1.54) is 18.5 Å². The van der Waals surface area contributed by atoms with Gasteiger partial charge in [-0.2, -0.15) is 0 Å². The number of nitrogens with zero attached hydrogens (tertiary/aromatic N) is 5. The van der Waals surface area contributed by atoms with Crippen molar-refractivity contribution in [3.63, 3.8) is 0 Å². The third-order valence-electron chi connectivity index (χ3n) is 3.48. The third-order valence-corrected chi connectivity index (χ3v) is 4.46. The van der Waals surface area contributed by atoms with Crippen molar-refractivity contribution in [2.45, 2.75) is 56.2 Å². The van der Waals surface area contributed by atoms with Gasteiger partial charge in [0.25, 0.3) is 0 Å². The Morgan fingerprint density at radius 1 is 1.40 bits per heavy atom. The molecule has 7 heteroatoms. The van der Waals surface area contributed by atoms with Gasteiger partial charge >= 0.3 is 0 Å². The van der Waals surface area contributed by atoms with Crippen LogP contribution < -0.4 is 5.73 Å². The van der Waals surface area contributed by atoms with Gasteiger partial charge in [-0.1, -0.05) is 11.8 Å². The van der Waals surface area contributed by atoms with Crippen LogP contribution in [0.25, 0.3) is 0 Å². The Bertz CT molecular complexity index is 583. The van der Waals surface area contributed by atoms with E-state index < -0.39 is 0 Å². The van der Waals surface area contributed by atoms with Gasteiger partial charge in [0.2, 0.25) is 0 Å². The lowest BCUT2D eigenvalue weighted by Crippen LogP contribution is -2.08. The number of hydrogen-bond acceptors (Lipinski definition) is 5. The van der Waals surface area contributed by atoms with Crippen LogP contribution in [0, 0.1) is 0 Å². The van der Waals surface area contributed by atoms with Crippen molar-refractivity contribution >= 4 is 11.8 Å². The second-order valence-corrected chi connectivity index (χ2v) is 6.32. The first-order chi connectivity index (χ1) is 9.70. The lowest BCUT2D eigenvalue weighted by atomic mass is 10.4. The highest BCUT2D eigenvalue weighted by Crippen LogP contribution is 2.39. The fourth-order valence-electron chi connectivity index (χ4n) is 2.29. The van der Waals surface area contributed by atoms with Crippen LogP contribution in [0.15, 0.2) is 17.7 Å². The van der Waals surface area contributed by atoms with Gasteiger partial charge in [0, 0.05) is 29.7 Å². The minimum atomic E-state index is 0.425. The standard InChI is InChI=1S/C13H20N6S/c1-9(2)18-8-15-6-11(18)7-20-13-17-16-12(5-14)19(13)10-3-4-10/h6,8-10H,3-5,7,14H2,1-2H3. The van der Waals surface area contributed by atoms with Crippen LogP contribution in [0.1, 0.15) is 50.3 Å². The molecular weight excluding hydrogens is 272 g/mol. The first kappa shape index (κ1) is 13.6. The van der Waals surface area contributed by atoms with Crippen molar-refractivity contribution in [3.8, 4) is 0 Å². The second kappa shape index (κ2) is 5.57. The van der Waals surface area contributed by atoms with Gasteiger partial charge < -0.3 is 14.9 Å². The number of hydrogen-bond donors (Lipinski definition) is 1. The maximum atomic E-state index is 5.74. The van der Waals surface area contributed by atoms with Crippen LogP contribution in [-0.2, 0) is 12.3 Å². The van der Waals surface area contributed by atoms with Crippen LogP contribution in [0.5, 0.6) is 0 Å². The highest BCUT2D eigenvalue weighted by atomic mass is 32.2. The molecule has 108 valence electrons. The first-order valence-electron chi connectivity index (χ1n) is 6.98. The number of aromatic nitrogens is 5. The molecule has 1 aliphatic carbocycles. The molecule has 0 spiro atoms. The van der Waals surface area contributed by atoms with Crippen molar-refractivity contribution in [2.75, 3.05) is 0 Å². The summed E-state index contributed by atoms with van der Waals surface area (Å²) in [6.07, 6.45) is 6.23. The smallest absolute Gasteiger partial charge is 0.191 e. The minimum absolute atomic E-state index is 0.425. The molecule has 0 aliphatic heterocycles. The lowest BCUT2D eigenvalue weighted by Gasteiger charge is -2.11. The average molecular weight is 292 g/mol. The van der Waals surface area contributed by atoms with Crippen LogP contribution in [0.4, 0.5) is 0 Å². The zero-order valence-electron chi connectivity index (χ0n) is 11.9. The summed E-state index contributed by atoms with van der Waals surface area (Å²) >= 11 is 1.71. The van der Waals surface area contributed by atoms with Gasteiger partial charge in [0.05, 0.1) is 12.9 Å². The Kier molecular flexibility index (Phi) is 3.80. The number of rotatable bonds is 6. The second-order valence-electron chi connectivity index (χ2n) is 5.38. The van der Waals surface area contributed by atoms with Gasteiger partial charge in [-0.25, -0.2) is 4.98 Å². The van der Waals surface area contributed by atoms with Crippen LogP contribution >= 0.6 is 11.8 Å². The van der Waals surface area contributed by atoms with Crippen LogP contribution in [0.2, 0.25) is 0 Å². The van der Waals surface area contributed by atoms with Crippen molar-refractivity contribution in [3.05, 3.63) is 24.0 Å². The van der Waals surface area contributed by atoms with E-state index in [9.17, 15) is 0 Å². The fourth-order valence-corrected chi connectivity index (χ4v) is 3.28. The normalized spacial score (nSPS) is 15.2. The molecule has 0 bridgehead atoms.